The van der Waals surface area contributed by atoms with Gasteiger partial charge >= 0.3 is 0 Å². The Hall–Kier alpha value is -0.840. The average Bonchev–Trinajstić information content (AvgIpc) is 2.13. The molecule has 2 aromatic carbocycles. The van der Waals surface area contributed by atoms with Crippen LogP contribution in [0.25, 0.3) is 0 Å². The van der Waals surface area contributed by atoms with E-state index in [1.165, 1.54) is 41.4 Å². The second-order valence-electron chi connectivity index (χ2n) is 4.80. The van der Waals surface area contributed by atoms with Gasteiger partial charge in [-0.2, -0.15) is 0 Å². The molecule has 0 amide bonds. The van der Waals surface area contributed by atoms with Crippen molar-refractivity contribution in [3.8, 4) is 0 Å². The largest absolute Gasteiger partial charge is 0.147 e. The molecule has 0 aliphatic carbocycles. The molecule has 0 aliphatic rings. The van der Waals surface area contributed by atoms with Gasteiger partial charge in [0.15, 0.2) is 0 Å². The molecule has 0 heterocycles. The van der Waals surface area contributed by atoms with Crippen LogP contribution in [0, 0.1) is 27.7 Å². The number of rotatable bonds is 2. The van der Waals surface area contributed by atoms with Crippen LogP contribution in [0.15, 0.2) is 36.4 Å². The van der Waals surface area contributed by atoms with Gasteiger partial charge in [0.05, 0.1) is 0 Å². The molecule has 0 spiro atoms. The lowest BCUT2D eigenvalue weighted by atomic mass is 10.2. The van der Waals surface area contributed by atoms with Crippen LogP contribution >= 0.6 is 21.0 Å². The summed E-state index contributed by atoms with van der Waals surface area (Å²) in [6.45, 7) is 8.64. The fourth-order valence-electron chi connectivity index (χ4n) is 2.18. The summed E-state index contributed by atoms with van der Waals surface area (Å²) in [5, 5.41) is 2.76. The number of hydrogen-bond acceptors (Lipinski definition) is 0. The maximum absolute atomic E-state index is 2.27. The molecular weight excluding hydrogens is 259 g/mol. The zero-order chi connectivity index (χ0) is 12.4. The van der Waals surface area contributed by atoms with Crippen molar-refractivity contribution in [3.05, 3.63) is 58.7 Å². The third kappa shape index (κ3) is 4.12. The highest BCUT2D eigenvalue weighted by Gasteiger charge is 2.01. The van der Waals surface area contributed by atoms with E-state index in [1.54, 1.807) is 0 Å². The predicted octanol–water partition coefficient (Wildman–Crippen LogP) is 4.24. The van der Waals surface area contributed by atoms with Gasteiger partial charge in [-0.05, 0) is 46.9 Å². The lowest BCUT2D eigenvalue weighted by Gasteiger charge is -2.06. The first-order chi connectivity index (χ1) is 8.02. The molecule has 0 unspecified atom stereocenters. The van der Waals surface area contributed by atoms with Crippen molar-refractivity contribution in [3.63, 3.8) is 0 Å². The molecule has 0 bridgehead atoms. The van der Waals surface area contributed by atoms with Crippen LogP contribution < -0.4 is 10.6 Å². The van der Waals surface area contributed by atoms with Gasteiger partial charge in [0.25, 0.3) is 0 Å². The van der Waals surface area contributed by atoms with E-state index < -0.39 is 0 Å². The van der Waals surface area contributed by atoms with Crippen molar-refractivity contribution in [2.24, 2.45) is 0 Å². The van der Waals surface area contributed by atoms with Gasteiger partial charge in [-0.1, -0.05) is 58.7 Å². The maximum Gasteiger partial charge on any atom is -0.00999 e. The van der Waals surface area contributed by atoms with Gasteiger partial charge in [-0.15, -0.1) is 12.4 Å². The van der Waals surface area contributed by atoms with Crippen LogP contribution in [0.4, 0.5) is 0 Å². The Morgan fingerprint density at radius 2 is 0.833 bits per heavy atom. The van der Waals surface area contributed by atoms with E-state index in [0.717, 1.165) is 0 Å². The normalized spacial score (nSPS) is 10.0. The minimum Gasteiger partial charge on any atom is -0.147 e. The molecule has 2 aromatic rings. The van der Waals surface area contributed by atoms with Gasteiger partial charge in [-0.3, -0.25) is 0 Å². The van der Waals surface area contributed by atoms with Gasteiger partial charge < -0.3 is 0 Å². The third-order valence-corrected chi connectivity index (χ3v) is 3.70. The summed E-state index contributed by atoms with van der Waals surface area (Å²) in [7, 11) is 1.30. The Labute approximate surface area is 118 Å². The first-order valence-electron chi connectivity index (χ1n) is 5.91. The molecule has 0 aromatic heterocycles. The summed E-state index contributed by atoms with van der Waals surface area (Å²) in [6, 6.07) is 13.5. The van der Waals surface area contributed by atoms with Crippen molar-refractivity contribution >= 4 is 31.6 Å². The lowest BCUT2D eigenvalue weighted by Crippen LogP contribution is -2.05. The lowest BCUT2D eigenvalue weighted by molar-refractivity contribution is 1.40. The summed E-state index contributed by atoms with van der Waals surface area (Å²) in [5.74, 6) is 0. The monoisotopic (exact) mass is 277 g/mol. The fraction of sp³-hybridized carbons (Fsp3) is 0.250. The summed E-state index contributed by atoms with van der Waals surface area (Å²) < 4.78 is 0. The van der Waals surface area contributed by atoms with Gasteiger partial charge in [0.2, 0.25) is 0 Å². The molecule has 0 nitrogen and oxygen atoms in total. The van der Waals surface area contributed by atoms with E-state index in [9.17, 15) is 0 Å². The second-order valence-corrected chi connectivity index (χ2v) is 6.06. The van der Waals surface area contributed by atoms with Crippen molar-refractivity contribution < 1.29 is 0 Å². The Morgan fingerprint density at radius 1 is 0.556 bits per heavy atom. The van der Waals surface area contributed by atoms with Gasteiger partial charge in [0, 0.05) is 0 Å². The number of benzene rings is 2. The van der Waals surface area contributed by atoms with E-state index in [0.29, 0.717) is 0 Å². The van der Waals surface area contributed by atoms with Crippen molar-refractivity contribution in [2.75, 3.05) is 0 Å². The molecule has 0 aliphatic heterocycles. The highest BCUT2D eigenvalue weighted by Crippen LogP contribution is 2.15. The first-order valence-corrected chi connectivity index (χ1v) is 6.81. The van der Waals surface area contributed by atoms with Crippen LogP contribution in [0.5, 0.6) is 0 Å². The molecular formula is C16H19ClP. The number of halogens is 1. The minimum absolute atomic E-state index is 0. The maximum atomic E-state index is 2.27. The van der Waals surface area contributed by atoms with Gasteiger partial charge in [0.1, 0.15) is 0 Å². The van der Waals surface area contributed by atoms with Crippen molar-refractivity contribution in [2.45, 2.75) is 27.7 Å². The first kappa shape index (κ1) is 15.2. The number of hydrogen-bond donors (Lipinski definition) is 0. The quantitative estimate of drug-likeness (QED) is 0.720. The molecule has 0 atom stereocenters. The summed E-state index contributed by atoms with van der Waals surface area (Å²) >= 11 is 0. The molecule has 2 heteroatoms. The molecule has 0 saturated heterocycles. The van der Waals surface area contributed by atoms with E-state index in [2.05, 4.69) is 64.1 Å². The van der Waals surface area contributed by atoms with E-state index >= 15 is 0 Å². The Kier molecular flexibility index (Phi) is 5.38. The smallest absolute Gasteiger partial charge is 0.00999 e. The molecule has 0 saturated carbocycles. The predicted molar refractivity (Wildman–Crippen MR) is 85.3 cm³/mol. The topological polar surface area (TPSA) is 0 Å². The standard InChI is InChI=1S/C16H18P.ClH/c1-11-5-12(2)8-15(7-11)17-16-9-13(3)6-14(4)10-16;/h5-10H,1-4H3;1H. The zero-order valence-corrected chi connectivity index (χ0v) is 13.0. The highest BCUT2D eigenvalue weighted by molar-refractivity contribution is 7.55. The summed E-state index contributed by atoms with van der Waals surface area (Å²) in [6.07, 6.45) is 0. The van der Waals surface area contributed by atoms with Crippen LogP contribution in [0.3, 0.4) is 0 Å². The van der Waals surface area contributed by atoms with Crippen molar-refractivity contribution in [1.29, 1.82) is 0 Å². The van der Waals surface area contributed by atoms with Crippen LogP contribution in [-0.4, -0.2) is 0 Å². The number of aryl methyl sites for hydroxylation is 4. The zero-order valence-electron chi connectivity index (χ0n) is 11.3. The SMILES string of the molecule is Cc1cc(C)cc([P]c2cc(C)cc(C)c2)c1.Cl. The highest BCUT2D eigenvalue weighted by atomic mass is 35.5. The Balaban J connectivity index is 0.00000162. The van der Waals surface area contributed by atoms with Crippen molar-refractivity contribution in [1.82, 2.24) is 0 Å². The van der Waals surface area contributed by atoms with Crippen LogP contribution in [-0.2, 0) is 0 Å². The van der Waals surface area contributed by atoms with Crippen LogP contribution in [0.1, 0.15) is 22.3 Å². The van der Waals surface area contributed by atoms with E-state index in [4.69, 9.17) is 0 Å². The fourth-order valence-corrected chi connectivity index (χ4v) is 3.55. The minimum atomic E-state index is 0. The van der Waals surface area contributed by atoms with Gasteiger partial charge in [-0.25, -0.2) is 0 Å². The van der Waals surface area contributed by atoms with E-state index in [1.807, 2.05) is 0 Å². The van der Waals surface area contributed by atoms with E-state index in [-0.39, 0.29) is 12.4 Å². The van der Waals surface area contributed by atoms with Crippen LogP contribution in [0.2, 0.25) is 0 Å². The Morgan fingerprint density at radius 3 is 1.11 bits per heavy atom. The molecule has 2 rings (SSSR count). The average molecular weight is 278 g/mol. The second kappa shape index (κ2) is 6.36. The third-order valence-electron chi connectivity index (χ3n) is 2.67. The molecule has 1 radical (unpaired) electrons. The summed E-state index contributed by atoms with van der Waals surface area (Å²) in [4.78, 5) is 0. The molecule has 0 fully saturated rings. The molecule has 0 N–H and O–H groups in total. The molecule has 18 heavy (non-hydrogen) atoms. The molecule has 95 valence electrons. The Bertz CT molecular complexity index is 457. The summed E-state index contributed by atoms with van der Waals surface area (Å²) in [5.41, 5.74) is 5.38.